The van der Waals surface area contributed by atoms with Crippen LogP contribution in [0.2, 0.25) is 0 Å². The number of methoxy groups -OCH3 is 1. The Morgan fingerprint density at radius 2 is 1.82 bits per heavy atom. The molecule has 0 amide bonds. The fraction of sp³-hybridized carbons (Fsp3) is 0.571. The molecule has 1 aromatic rings. The lowest BCUT2D eigenvalue weighted by molar-refractivity contribution is 0.247. The first-order chi connectivity index (χ1) is 8.09. The summed E-state index contributed by atoms with van der Waals surface area (Å²) in [4.78, 5) is 0. The summed E-state index contributed by atoms with van der Waals surface area (Å²) in [5.74, 6) is 1.55. The van der Waals surface area contributed by atoms with Gasteiger partial charge in [-0.25, -0.2) is 0 Å². The van der Waals surface area contributed by atoms with Crippen molar-refractivity contribution < 1.29 is 9.47 Å². The molecule has 96 valence electrons. The minimum atomic E-state index is -0.142. The molecule has 1 unspecified atom stereocenters. The van der Waals surface area contributed by atoms with E-state index >= 15 is 0 Å². The molecule has 2 N–H and O–H groups in total. The van der Waals surface area contributed by atoms with Crippen molar-refractivity contribution in [3.63, 3.8) is 0 Å². The van der Waals surface area contributed by atoms with Gasteiger partial charge in [-0.05, 0) is 31.9 Å². The van der Waals surface area contributed by atoms with Gasteiger partial charge in [-0.2, -0.15) is 0 Å². The first-order valence-corrected chi connectivity index (χ1v) is 6.14. The van der Waals surface area contributed by atoms with Crippen molar-refractivity contribution in [2.24, 2.45) is 5.73 Å². The second kappa shape index (κ2) is 6.50. The summed E-state index contributed by atoms with van der Waals surface area (Å²) in [6.45, 7) is 4.83. The topological polar surface area (TPSA) is 44.5 Å². The Hall–Kier alpha value is -1.22. The van der Waals surface area contributed by atoms with Crippen LogP contribution >= 0.6 is 0 Å². The monoisotopic (exact) mass is 237 g/mol. The zero-order chi connectivity index (χ0) is 12.7. The van der Waals surface area contributed by atoms with Crippen molar-refractivity contribution in [1.29, 1.82) is 0 Å². The van der Waals surface area contributed by atoms with E-state index in [4.69, 9.17) is 15.2 Å². The fourth-order valence-corrected chi connectivity index (χ4v) is 1.83. The summed E-state index contributed by atoms with van der Waals surface area (Å²) >= 11 is 0. The fourth-order valence-electron chi connectivity index (χ4n) is 1.83. The van der Waals surface area contributed by atoms with Gasteiger partial charge < -0.3 is 15.2 Å². The molecule has 0 fully saturated rings. The number of hydrogen-bond acceptors (Lipinski definition) is 3. The SMILES string of the molecule is CCCC(C)(N)CCOc1ccccc1OC. The Kier molecular flexibility index (Phi) is 5.29. The van der Waals surface area contributed by atoms with Crippen LogP contribution in [-0.2, 0) is 0 Å². The molecule has 1 atom stereocenters. The van der Waals surface area contributed by atoms with Gasteiger partial charge in [0.2, 0.25) is 0 Å². The minimum Gasteiger partial charge on any atom is -0.493 e. The Labute approximate surface area is 104 Å². The number of ether oxygens (including phenoxy) is 2. The molecule has 3 heteroatoms. The standard InChI is InChI=1S/C14H23NO2/c1-4-9-14(2,15)10-11-17-13-8-6-5-7-12(13)16-3/h5-8H,4,9-11,15H2,1-3H3. The molecule has 1 rings (SSSR count). The smallest absolute Gasteiger partial charge is 0.161 e. The Morgan fingerprint density at radius 3 is 2.41 bits per heavy atom. The molecule has 0 aliphatic rings. The van der Waals surface area contributed by atoms with E-state index in [0.717, 1.165) is 30.8 Å². The molecule has 1 aromatic carbocycles. The van der Waals surface area contributed by atoms with E-state index < -0.39 is 0 Å². The average molecular weight is 237 g/mol. The molecule has 0 aromatic heterocycles. The Balaban J connectivity index is 2.45. The zero-order valence-electron chi connectivity index (χ0n) is 11.0. The van der Waals surface area contributed by atoms with Gasteiger partial charge in [-0.15, -0.1) is 0 Å². The number of hydrogen-bond donors (Lipinski definition) is 1. The highest BCUT2D eigenvalue weighted by atomic mass is 16.5. The van der Waals surface area contributed by atoms with Crippen molar-refractivity contribution >= 4 is 0 Å². The normalized spacial score (nSPS) is 14.1. The van der Waals surface area contributed by atoms with E-state index in [-0.39, 0.29) is 5.54 Å². The van der Waals surface area contributed by atoms with Crippen molar-refractivity contribution in [3.8, 4) is 11.5 Å². The summed E-state index contributed by atoms with van der Waals surface area (Å²) in [7, 11) is 1.65. The second-order valence-electron chi connectivity index (χ2n) is 4.65. The van der Waals surface area contributed by atoms with E-state index in [9.17, 15) is 0 Å². The number of para-hydroxylation sites is 2. The van der Waals surface area contributed by atoms with Crippen molar-refractivity contribution in [2.75, 3.05) is 13.7 Å². The van der Waals surface area contributed by atoms with Crippen molar-refractivity contribution in [1.82, 2.24) is 0 Å². The van der Waals surface area contributed by atoms with E-state index in [1.165, 1.54) is 0 Å². The molecule has 3 nitrogen and oxygen atoms in total. The van der Waals surface area contributed by atoms with Gasteiger partial charge in [0, 0.05) is 5.54 Å². The third-order valence-corrected chi connectivity index (χ3v) is 2.82. The van der Waals surface area contributed by atoms with Crippen LogP contribution in [0.25, 0.3) is 0 Å². The Bertz CT molecular complexity index is 337. The molecule has 0 aliphatic carbocycles. The summed E-state index contributed by atoms with van der Waals surface area (Å²) in [6, 6.07) is 7.66. The quantitative estimate of drug-likeness (QED) is 0.793. The molecule has 0 heterocycles. The van der Waals surface area contributed by atoms with Crippen LogP contribution in [0, 0.1) is 0 Å². The van der Waals surface area contributed by atoms with E-state index in [1.807, 2.05) is 24.3 Å². The van der Waals surface area contributed by atoms with Crippen LogP contribution < -0.4 is 15.2 Å². The Morgan fingerprint density at radius 1 is 1.18 bits per heavy atom. The lowest BCUT2D eigenvalue weighted by Gasteiger charge is -2.24. The summed E-state index contributed by atoms with van der Waals surface area (Å²) in [6.07, 6.45) is 2.96. The minimum absolute atomic E-state index is 0.142. The molecule has 0 bridgehead atoms. The average Bonchev–Trinajstić information content (AvgIpc) is 2.29. The van der Waals surface area contributed by atoms with Gasteiger partial charge in [0.25, 0.3) is 0 Å². The number of nitrogens with two attached hydrogens (primary N) is 1. The molecule has 17 heavy (non-hydrogen) atoms. The van der Waals surface area contributed by atoms with Crippen molar-refractivity contribution in [3.05, 3.63) is 24.3 Å². The molecule has 0 spiro atoms. The van der Waals surface area contributed by atoms with Crippen LogP contribution in [0.15, 0.2) is 24.3 Å². The van der Waals surface area contributed by atoms with Gasteiger partial charge >= 0.3 is 0 Å². The largest absolute Gasteiger partial charge is 0.493 e. The van der Waals surface area contributed by atoms with Crippen LogP contribution in [-0.4, -0.2) is 19.3 Å². The van der Waals surface area contributed by atoms with Gasteiger partial charge in [0.05, 0.1) is 13.7 Å². The highest BCUT2D eigenvalue weighted by Gasteiger charge is 2.17. The maximum atomic E-state index is 6.15. The third kappa shape index (κ3) is 4.65. The predicted molar refractivity (Wildman–Crippen MR) is 70.6 cm³/mol. The van der Waals surface area contributed by atoms with E-state index in [1.54, 1.807) is 7.11 Å². The van der Waals surface area contributed by atoms with Gasteiger partial charge in [0.1, 0.15) is 0 Å². The van der Waals surface area contributed by atoms with E-state index in [2.05, 4.69) is 13.8 Å². The molecule has 0 radical (unpaired) electrons. The maximum Gasteiger partial charge on any atom is 0.161 e. The molecule has 0 saturated carbocycles. The van der Waals surface area contributed by atoms with Crippen molar-refractivity contribution in [2.45, 2.75) is 38.6 Å². The summed E-state index contributed by atoms with van der Waals surface area (Å²) < 4.78 is 10.9. The van der Waals surface area contributed by atoms with E-state index in [0.29, 0.717) is 6.61 Å². The van der Waals surface area contributed by atoms with Gasteiger partial charge in [-0.1, -0.05) is 25.5 Å². The van der Waals surface area contributed by atoms with Gasteiger partial charge in [-0.3, -0.25) is 0 Å². The third-order valence-electron chi connectivity index (χ3n) is 2.82. The second-order valence-corrected chi connectivity index (χ2v) is 4.65. The summed E-state index contributed by atoms with van der Waals surface area (Å²) in [5.41, 5.74) is 6.01. The molecular weight excluding hydrogens is 214 g/mol. The first kappa shape index (κ1) is 13.8. The first-order valence-electron chi connectivity index (χ1n) is 6.14. The summed E-state index contributed by atoms with van der Waals surface area (Å²) in [5, 5.41) is 0. The molecule has 0 aliphatic heterocycles. The maximum absolute atomic E-state index is 6.15. The lowest BCUT2D eigenvalue weighted by atomic mass is 9.94. The number of rotatable bonds is 7. The molecule has 0 saturated heterocycles. The van der Waals surface area contributed by atoms with Crippen LogP contribution in [0.1, 0.15) is 33.1 Å². The highest BCUT2D eigenvalue weighted by molar-refractivity contribution is 5.39. The lowest BCUT2D eigenvalue weighted by Crippen LogP contribution is -2.37. The van der Waals surface area contributed by atoms with Crippen LogP contribution in [0.5, 0.6) is 11.5 Å². The predicted octanol–water partition coefficient (Wildman–Crippen LogP) is 2.98. The number of benzene rings is 1. The zero-order valence-corrected chi connectivity index (χ0v) is 11.0. The highest BCUT2D eigenvalue weighted by Crippen LogP contribution is 2.26. The molecular formula is C14H23NO2. The van der Waals surface area contributed by atoms with Crippen LogP contribution in [0.4, 0.5) is 0 Å². The van der Waals surface area contributed by atoms with Gasteiger partial charge in [0.15, 0.2) is 11.5 Å². The van der Waals surface area contributed by atoms with Crippen LogP contribution in [0.3, 0.4) is 0 Å².